The van der Waals surface area contributed by atoms with Gasteiger partial charge in [-0.15, -0.1) is 0 Å². The molecule has 2 aromatic carbocycles. The van der Waals surface area contributed by atoms with Crippen LogP contribution in [0.3, 0.4) is 0 Å². The molecule has 4 aromatic rings. The Kier molecular flexibility index (Phi) is 4.57. The molecule has 0 unspecified atom stereocenters. The first-order valence-electron chi connectivity index (χ1n) is 8.51. The van der Waals surface area contributed by atoms with Crippen LogP contribution in [0.2, 0.25) is 0 Å². The fourth-order valence-corrected chi connectivity index (χ4v) is 2.96. The van der Waals surface area contributed by atoms with Gasteiger partial charge in [-0.3, -0.25) is 4.79 Å². The largest absolute Gasteiger partial charge is 0.493 e. The summed E-state index contributed by atoms with van der Waals surface area (Å²) in [4.78, 5) is 14.4. The molecule has 0 radical (unpaired) electrons. The molecule has 0 aliphatic carbocycles. The maximum Gasteiger partial charge on any atom is 0.287 e. The van der Waals surface area contributed by atoms with Crippen LogP contribution in [-0.2, 0) is 6.54 Å². The first-order valence-corrected chi connectivity index (χ1v) is 8.51. The number of nitrogens with one attached hydrogen (secondary N) is 1. The molecule has 7 heteroatoms. The number of hydrogen-bond donors (Lipinski definition) is 1. The highest BCUT2D eigenvalue weighted by atomic mass is 16.5. The van der Waals surface area contributed by atoms with E-state index >= 15 is 0 Å². The average Bonchev–Trinajstić information content (AvgIpc) is 3.37. The number of ether oxygens (including phenoxy) is 1. The molecule has 2 heterocycles. The minimum absolute atomic E-state index is 0.226. The maximum absolute atomic E-state index is 12.8. The second-order valence-electron chi connectivity index (χ2n) is 6.01. The summed E-state index contributed by atoms with van der Waals surface area (Å²) in [7, 11) is 1.57. The highest BCUT2D eigenvalue weighted by Gasteiger charge is 2.20. The van der Waals surface area contributed by atoms with Crippen LogP contribution in [0, 0.1) is 0 Å². The molecule has 7 nitrogen and oxygen atoms in total. The monoisotopic (exact) mass is 362 g/mol. The summed E-state index contributed by atoms with van der Waals surface area (Å²) in [6.45, 7) is 0.409. The minimum Gasteiger partial charge on any atom is -0.493 e. The molecular weight excluding hydrogens is 344 g/mol. The fourth-order valence-electron chi connectivity index (χ4n) is 2.96. The molecule has 1 atom stereocenters. The molecule has 4 rings (SSSR count). The van der Waals surface area contributed by atoms with Crippen molar-refractivity contribution in [1.82, 2.24) is 20.3 Å². The number of para-hydroxylation sites is 1. The minimum atomic E-state index is -0.311. The Morgan fingerprint density at radius 2 is 1.93 bits per heavy atom. The number of hydrogen-bond acceptors (Lipinski definition) is 5. The third kappa shape index (κ3) is 3.52. The van der Waals surface area contributed by atoms with Gasteiger partial charge in [0.1, 0.15) is 0 Å². The second-order valence-corrected chi connectivity index (χ2v) is 6.01. The van der Waals surface area contributed by atoms with Gasteiger partial charge in [-0.25, -0.2) is 0 Å². The van der Waals surface area contributed by atoms with E-state index < -0.39 is 0 Å². The van der Waals surface area contributed by atoms with Crippen molar-refractivity contribution in [2.24, 2.45) is 0 Å². The molecule has 27 heavy (non-hydrogen) atoms. The van der Waals surface area contributed by atoms with Gasteiger partial charge in [0.05, 0.1) is 32.1 Å². The van der Waals surface area contributed by atoms with E-state index in [1.54, 1.807) is 36.4 Å². The molecule has 136 valence electrons. The van der Waals surface area contributed by atoms with Crippen LogP contribution in [0.4, 0.5) is 0 Å². The Morgan fingerprint density at radius 1 is 1.15 bits per heavy atom. The highest BCUT2D eigenvalue weighted by Crippen LogP contribution is 2.28. The van der Waals surface area contributed by atoms with E-state index in [-0.39, 0.29) is 17.7 Å². The predicted octanol–water partition coefficient (Wildman–Crippen LogP) is 3.20. The van der Waals surface area contributed by atoms with Crippen LogP contribution in [0.25, 0.3) is 11.0 Å². The maximum atomic E-state index is 12.8. The van der Waals surface area contributed by atoms with Gasteiger partial charge in [0, 0.05) is 5.39 Å². The summed E-state index contributed by atoms with van der Waals surface area (Å²) in [6.07, 6.45) is 3.21. The van der Waals surface area contributed by atoms with E-state index in [2.05, 4.69) is 15.5 Å². The quantitative estimate of drug-likeness (QED) is 0.569. The molecule has 1 N–H and O–H groups in total. The molecule has 0 bridgehead atoms. The number of fused-ring (bicyclic) bond motifs is 1. The Balaban J connectivity index is 1.61. The number of amides is 1. The Bertz CT molecular complexity index is 1040. The van der Waals surface area contributed by atoms with Gasteiger partial charge < -0.3 is 14.5 Å². The summed E-state index contributed by atoms with van der Waals surface area (Å²) in [6, 6.07) is 16.6. The van der Waals surface area contributed by atoms with Gasteiger partial charge in [0.2, 0.25) is 0 Å². The van der Waals surface area contributed by atoms with E-state index in [0.717, 1.165) is 10.9 Å². The molecule has 1 amide bonds. The van der Waals surface area contributed by atoms with Gasteiger partial charge in [-0.2, -0.15) is 15.0 Å². The van der Waals surface area contributed by atoms with Crippen LogP contribution < -0.4 is 10.1 Å². The molecule has 0 aliphatic rings. The third-order valence-corrected chi connectivity index (χ3v) is 4.27. The van der Waals surface area contributed by atoms with Crippen molar-refractivity contribution < 1.29 is 13.9 Å². The van der Waals surface area contributed by atoms with Gasteiger partial charge in [0.25, 0.3) is 5.91 Å². The van der Waals surface area contributed by atoms with Crippen LogP contribution in [0.5, 0.6) is 5.75 Å². The molecule has 2 aromatic heterocycles. The van der Waals surface area contributed by atoms with Crippen LogP contribution in [-0.4, -0.2) is 28.0 Å². The van der Waals surface area contributed by atoms with Gasteiger partial charge >= 0.3 is 0 Å². The number of rotatable bonds is 6. The number of carbonyl (C=O) groups excluding carboxylic acids is 1. The first kappa shape index (κ1) is 16.8. The number of furan rings is 1. The Labute approximate surface area is 155 Å². The van der Waals surface area contributed by atoms with Crippen molar-refractivity contribution in [3.63, 3.8) is 0 Å². The first-order chi connectivity index (χ1) is 13.2. The summed E-state index contributed by atoms with van der Waals surface area (Å²) in [5, 5.41) is 12.1. The number of aromatic nitrogens is 3. The third-order valence-electron chi connectivity index (χ3n) is 4.27. The van der Waals surface area contributed by atoms with Gasteiger partial charge in [-0.05, 0) is 17.7 Å². The number of methoxy groups -OCH3 is 1. The van der Waals surface area contributed by atoms with Crippen LogP contribution >= 0.6 is 0 Å². The zero-order valence-electron chi connectivity index (χ0n) is 14.7. The number of carbonyl (C=O) groups is 1. The lowest BCUT2D eigenvalue weighted by Crippen LogP contribution is -2.31. The lowest BCUT2D eigenvalue weighted by atomic mass is 10.1. The van der Waals surface area contributed by atoms with Crippen molar-refractivity contribution in [2.45, 2.75) is 12.6 Å². The predicted molar refractivity (Wildman–Crippen MR) is 99.4 cm³/mol. The van der Waals surface area contributed by atoms with Crippen LogP contribution in [0.1, 0.15) is 22.2 Å². The fraction of sp³-hybridized carbons (Fsp3) is 0.150. The molecule has 0 fully saturated rings. The van der Waals surface area contributed by atoms with Gasteiger partial charge in [-0.1, -0.05) is 42.5 Å². The molecule has 0 spiro atoms. The molecule has 0 saturated heterocycles. The van der Waals surface area contributed by atoms with Crippen molar-refractivity contribution in [2.75, 3.05) is 7.11 Å². The smallest absolute Gasteiger partial charge is 0.287 e. The van der Waals surface area contributed by atoms with E-state index in [0.29, 0.717) is 17.9 Å². The zero-order chi connectivity index (χ0) is 18.6. The lowest BCUT2D eigenvalue weighted by molar-refractivity contribution is 0.0904. The Morgan fingerprint density at radius 3 is 2.67 bits per heavy atom. The highest BCUT2D eigenvalue weighted by molar-refractivity contribution is 5.97. The molecule has 0 saturated carbocycles. The van der Waals surface area contributed by atoms with E-state index in [9.17, 15) is 4.79 Å². The summed E-state index contributed by atoms with van der Waals surface area (Å²) in [5.41, 5.74) is 1.51. The summed E-state index contributed by atoms with van der Waals surface area (Å²) in [5.74, 6) is 0.505. The molecular formula is C20H18N4O3. The van der Waals surface area contributed by atoms with Crippen LogP contribution in [0.15, 0.2) is 71.4 Å². The lowest BCUT2D eigenvalue weighted by Gasteiger charge is -2.18. The van der Waals surface area contributed by atoms with E-state index in [4.69, 9.17) is 9.15 Å². The number of benzene rings is 2. The van der Waals surface area contributed by atoms with Crippen molar-refractivity contribution in [3.05, 3.63) is 78.3 Å². The van der Waals surface area contributed by atoms with E-state index in [1.165, 1.54) is 0 Å². The van der Waals surface area contributed by atoms with E-state index in [1.807, 2.05) is 42.5 Å². The Hall–Kier alpha value is -3.61. The van der Waals surface area contributed by atoms with Crippen molar-refractivity contribution in [3.8, 4) is 5.75 Å². The topological polar surface area (TPSA) is 82.2 Å². The molecule has 0 aliphatic heterocycles. The normalized spacial score (nSPS) is 12.0. The summed E-state index contributed by atoms with van der Waals surface area (Å²) < 4.78 is 11.0. The summed E-state index contributed by atoms with van der Waals surface area (Å²) >= 11 is 0. The second kappa shape index (κ2) is 7.33. The van der Waals surface area contributed by atoms with Crippen molar-refractivity contribution >= 4 is 16.9 Å². The number of nitrogens with zero attached hydrogens (tertiary/aromatic N) is 3. The van der Waals surface area contributed by atoms with Crippen molar-refractivity contribution in [1.29, 1.82) is 0 Å². The van der Waals surface area contributed by atoms with Gasteiger partial charge in [0.15, 0.2) is 17.1 Å². The standard InChI is InChI=1S/C20H18N4O3/c1-26-17-9-5-8-15-12-18(27-19(15)17)20(25)23-16(13-24-21-10-11-22-24)14-6-3-2-4-7-14/h2-12,16H,13H2,1H3,(H,23,25)/t16-/m0/s1. The zero-order valence-corrected chi connectivity index (χ0v) is 14.7. The SMILES string of the molecule is COc1cccc2cc(C(=O)N[C@@H](Cn3nccn3)c3ccccc3)oc12. The average molecular weight is 362 g/mol.